The molecule has 1 aromatic carbocycles. The Morgan fingerprint density at radius 1 is 1.36 bits per heavy atom. The van der Waals surface area contributed by atoms with Crippen LogP contribution in [0, 0.1) is 0 Å². The third-order valence-electron chi connectivity index (χ3n) is 3.28. The first-order valence-corrected chi connectivity index (χ1v) is 8.34. The highest BCUT2D eigenvalue weighted by molar-refractivity contribution is 9.10. The van der Waals surface area contributed by atoms with Crippen LogP contribution < -0.4 is 10.6 Å². The Morgan fingerprint density at radius 2 is 2.05 bits per heavy atom. The topological polar surface area (TPSA) is 53.6 Å². The predicted molar refractivity (Wildman–Crippen MR) is 92.1 cm³/mol. The molecule has 1 aliphatic heterocycles. The van der Waals surface area contributed by atoms with Crippen LogP contribution in [-0.4, -0.2) is 42.8 Å². The molecule has 0 aliphatic carbocycles. The van der Waals surface area contributed by atoms with Crippen molar-refractivity contribution < 1.29 is 9.53 Å². The largest absolute Gasteiger partial charge is 0.444 e. The summed E-state index contributed by atoms with van der Waals surface area (Å²) in [6, 6.07) is 6.03. The molecule has 22 heavy (non-hydrogen) atoms. The Bertz CT molecular complexity index is 523. The van der Waals surface area contributed by atoms with Gasteiger partial charge in [0.15, 0.2) is 0 Å². The molecule has 5 nitrogen and oxygen atoms in total. The summed E-state index contributed by atoms with van der Waals surface area (Å²) < 4.78 is 6.15. The smallest absolute Gasteiger partial charge is 0.412 e. The molecule has 1 aliphatic rings. The van der Waals surface area contributed by atoms with Gasteiger partial charge in [-0.05, 0) is 54.4 Å². The SMILES string of the molecule is CC(C)(C)OC(=O)Nc1cc(CN2CCNCC2)ccc1Br. The van der Waals surface area contributed by atoms with E-state index in [2.05, 4.69) is 37.5 Å². The minimum atomic E-state index is -0.505. The Morgan fingerprint density at radius 3 is 2.68 bits per heavy atom. The Kier molecular flexibility index (Phi) is 5.83. The van der Waals surface area contributed by atoms with Crippen molar-refractivity contribution in [2.45, 2.75) is 32.9 Å². The van der Waals surface area contributed by atoms with E-state index in [1.165, 1.54) is 5.56 Å². The number of nitrogens with zero attached hydrogens (tertiary/aromatic N) is 1. The number of carbonyl (C=O) groups is 1. The van der Waals surface area contributed by atoms with Gasteiger partial charge in [-0.25, -0.2) is 4.79 Å². The zero-order valence-electron chi connectivity index (χ0n) is 13.4. The summed E-state index contributed by atoms with van der Waals surface area (Å²) >= 11 is 3.47. The van der Waals surface area contributed by atoms with Gasteiger partial charge in [0.05, 0.1) is 5.69 Å². The fraction of sp³-hybridized carbons (Fsp3) is 0.562. The first-order chi connectivity index (χ1) is 10.3. The number of carbonyl (C=O) groups excluding carboxylic acids is 1. The molecule has 0 bridgehead atoms. The van der Waals surface area contributed by atoms with Crippen molar-refractivity contribution in [3.05, 3.63) is 28.2 Å². The average molecular weight is 370 g/mol. The average Bonchev–Trinajstić information content (AvgIpc) is 2.41. The van der Waals surface area contributed by atoms with Crippen LogP contribution >= 0.6 is 15.9 Å². The maximum atomic E-state index is 11.9. The number of amides is 1. The number of rotatable bonds is 3. The van der Waals surface area contributed by atoms with Crippen LogP contribution in [0.4, 0.5) is 10.5 Å². The molecule has 2 N–H and O–H groups in total. The standard InChI is InChI=1S/C16H24BrN3O2/c1-16(2,3)22-15(21)19-14-10-12(4-5-13(14)17)11-20-8-6-18-7-9-20/h4-5,10,18H,6-9,11H2,1-3H3,(H,19,21). The van der Waals surface area contributed by atoms with Crippen LogP contribution in [0.2, 0.25) is 0 Å². The fourth-order valence-corrected chi connectivity index (χ4v) is 2.65. The zero-order valence-corrected chi connectivity index (χ0v) is 15.0. The lowest BCUT2D eigenvalue weighted by molar-refractivity contribution is 0.0636. The first kappa shape index (κ1) is 17.2. The van der Waals surface area contributed by atoms with E-state index in [4.69, 9.17) is 4.74 Å². The van der Waals surface area contributed by atoms with Gasteiger partial charge >= 0.3 is 6.09 Å². The first-order valence-electron chi connectivity index (χ1n) is 7.55. The summed E-state index contributed by atoms with van der Waals surface area (Å²) in [5.74, 6) is 0. The Hall–Kier alpha value is -1.11. The lowest BCUT2D eigenvalue weighted by atomic mass is 10.1. The van der Waals surface area contributed by atoms with E-state index in [-0.39, 0.29) is 0 Å². The molecular formula is C16H24BrN3O2. The molecule has 0 saturated carbocycles. The van der Waals surface area contributed by atoms with Crippen LogP contribution in [0.25, 0.3) is 0 Å². The van der Waals surface area contributed by atoms with E-state index < -0.39 is 11.7 Å². The molecule has 122 valence electrons. The number of ether oxygens (including phenoxy) is 1. The maximum Gasteiger partial charge on any atom is 0.412 e. The van der Waals surface area contributed by atoms with Gasteiger partial charge in [-0.15, -0.1) is 0 Å². The molecule has 0 aromatic heterocycles. The highest BCUT2D eigenvalue weighted by Gasteiger charge is 2.17. The molecule has 1 amide bonds. The number of nitrogens with one attached hydrogen (secondary N) is 2. The van der Waals surface area contributed by atoms with Gasteiger partial charge in [0.2, 0.25) is 0 Å². The van der Waals surface area contributed by atoms with Crippen LogP contribution in [-0.2, 0) is 11.3 Å². The summed E-state index contributed by atoms with van der Waals surface area (Å²) in [7, 11) is 0. The Balaban J connectivity index is 2.01. The number of piperazine rings is 1. The van der Waals surface area contributed by atoms with Gasteiger partial charge in [-0.3, -0.25) is 10.2 Å². The van der Waals surface area contributed by atoms with Gasteiger partial charge in [0.1, 0.15) is 5.60 Å². The van der Waals surface area contributed by atoms with Crippen molar-refractivity contribution in [2.75, 3.05) is 31.5 Å². The monoisotopic (exact) mass is 369 g/mol. The normalized spacial score (nSPS) is 16.4. The van der Waals surface area contributed by atoms with Crippen molar-refractivity contribution in [1.82, 2.24) is 10.2 Å². The molecule has 0 radical (unpaired) electrons. The minimum Gasteiger partial charge on any atom is -0.444 e. The minimum absolute atomic E-state index is 0.437. The Labute approximate surface area is 140 Å². The van der Waals surface area contributed by atoms with E-state index in [9.17, 15) is 4.79 Å². The number of hydrogen-bond donors (Lipinski definition) is 2. The van der Waals surface area contributed by atoms with Gasteiger partial charge in [0.25, 0.3) is 0 Å². The van der Waals surface area contributed by atoms with E-state index in [1.807, 2.05) is 32.9 Å². The molecule has 0 atom stereocenters. The van der Waals surface area contributed by atoms with Crippen LogP contribution in [0.3, 0.4) is 0 Å². The molecular weight excluding hydrogens is 346 g/mol. The van der Waals surface area contributed by atoms with E-state index in [0.29, 0.717) is 0 Å². The summed E-state index contributed by atoms with van der Waals surface area (Å²) in [6.07, 6.45) is -0.437. The lowest BCUT2D eigenvalue weighted by Gasteiger charge is -2.27. The summed E-state index contributed by atoms with van der Waals surface area (Å²) in [5, 5.41) is 6.15. The molecule has 1 heterocycles. The molecule has 6 heteroatoms. The van der Waals surface area contributed by atoms with Crippen molar-refractivity contribution in [1.29, 1.82) is 0 Å². The maximum absolute atomic E-state index is 11.9. The van der Waals surface area contributed by atoms with E-state index in [1.54, 1.807) is 0 Å². The second-order valence-corrected chi connectivity index (χ2v) is 7.32. The van der Waals surface area contributed by atoms with E-state index in [0.717, 1.165) is 42.9 Å². The quantitative estimate of drug-likeness (QED) is 0.858. The molecule has 1 saturated heterocycles. The van der Waals surface area contributed by atoms with Crippen LogP contribution in [0.15, 0.2) is 22.7 Å². The number of hydrogen-bond acceptors (Lipinski definition) is 4. The summed E-state index contributed by atoms with van der Waals surface area (Å²) in [4.78, 5) is 14.3. The van der Waals surface area contributed by atoms with Crippen molar-refractivity contribution >= 4 is 27.7 Å². The highest BCUT2D eigenvalue weighted by Crippen LogP contribution is 2.25. The molecule has 1 aromatic rings. The van der Waals surface area contributed by atoms with E-state index >= 15 is 0 Å². The molecule has 0 unspecified atom stereocenters. The molecule has 1 fully saturated rings. The van der Waals surface area contributed by atoms with Gasteiger partial charge < -0.3 is 10.1 Å². The predicted octanol–water partition coefficient (Wildman–Crippen LogP) is 3.20. The summed E-state index contributed by atoms with van der Waals surface area (Å²) in [6.45, 7) is 10.6. The van der Waals surface area contributed by atoms with Gasteiger partial charge in [-0.2, -0.15) is 0 Å². The van der Waals surface area contributed by atoms with Gasteiger partial charge in [-0.1, -0.05) is 6.07 Å². The zero-order chi connectivity index (χ0) is 16.2. The second-order valence-electron chi connectivity index (χ2n) is 6.47. The lowest BCUT2D eigenvalue weighted by Crippen LogP contribution is -2.42. The number of benzene rings is 1. The van der Waals surface area contributed by atoms with Crippen molar-refractivity contribution in [3.8, 4) is 0 Å². The van der Waals surface area contributed by atoms with Crippen molar-refractivity contribution in [3.63, 3.8) is 0 Å². The van der Waals surface area contributed by atoms with Crippen molar-refractivity contribution in [2.24, 2.45) is 0 Å². The molecule has 2 rings (SSSR count). The number of anilines is 1. The third-order valence-corrected chi connectivity index (χ3v) is 3.97. The molecule has 0 spiro atoms. The summed E-state index contributed by atoms with van der Waals surface area (Å²) in [5.41, 5.74) is 1.41. The third kappa shape index (κ3) is 5.59. The van der Waals surface area contributed by atoms with Crippen LogP contribution in [0.5, 0.6) is 0 Å². The highest BCUT2D eigenvalue weighted by atomic mass is 79.9. The van der Waals surface area contributed by atoms with Crippen LogP contribution in [0.1, 0.15) is 26.3 Å². The second kappa shape index (κ2) is 7.44. The van der Waals surface area contributed by atoms with Gasteiger partial charge in [0, 0.05) is 37.2 Å². The fourth-order valence-electron chi connectivity index (χ4n) is 2.31. The number of halogens is 1.